The summed E-state index contributed by atoms with van der Waals surface area (Å²) in [4.78, 5) is 15.0. The molecule has 0 radical (unpaired) electrons. The van der Waals surface area contributed by atoms with Crippen molar-refractivity contribution in [3.8, 4) is 16.9 Å². The summed E-state index contributed by atoms with van der Waals surface area (Å²) in [5, 5.41) is 18.5. The first-order valence-electron chi connectivity index (χ1n) is 11.1. The monoisotopic (exact) mass is 452 g/mol. The first-order valence-corrected chi connectivity index (χ1v) is 11.9. The molecule has 0 bridgehead atoms. The second-order valence-electron chi connectivity index (χ2n) is 8.30. The van der Waals surface area contributed by atoms with Crippen LogP contribution in [0.5, 0.6) is 5.75 Å². The van der Waals surface area contributed by atoms with Gasteiger partial charge in [-0.1, -0.05) is 48.9 Å². The summed E-state index contributed by atoms with van der Waals surface area (Å²) in [5.74, 6) is 0.894. The molecule has 2 N–H and O–H groups in total. The second-order valence-corrected chi connectivity index (χ2v) is 9.43. The van der Waals surface area contributed by atoms with Gasteiger partial charge in [-0.15, -0.1) is 11.3 Å². The third-order valence-electron chi connectivity index (χ3n) is 5.56. The number of Topliss-reactive ketones (excluding diaryl/α,β-unsaturated/α-hetero) is 1. The van der Waals surface area contributed by atoms with Crippen LogP contribution in [0.3, 0.4) is 0 Å². The third kappa shape index (κ3) is 5.85. The molecule has 0 fully saturated rings. The van der Waals surface area contributed by atoms with Gasteiger partial charge in [0.15, 0.2) is 5.78 Å². The minimum Gasteiger partial charge on any atom is -0.490 e. The molecular formula is C27H32O4S. The van der Waals surface area contributed by atoms with Gasteiger partial charge >= 0.3 is 0 Å². The Hall–Kier alpha value is -2.47. The van der Waals surface area contributed by atoms with Crippen LogP contribution >= 0.6 is 11.3 Å². The third-order valence-corrected chi connectivity index (χ3v) is 6.88. The average Bonchev–Trinajstić information content (AvgIpc) is 3.21. The average molecular weight is 453 g/mol. The zero-order valence-electron chi connectivity index (χ0n) is 19.3. The fourth-order valence-corrected chi connectivity index (χ4v) is 4.92. The van der Waals surface area contributed by atoms with Crippen molar-refractivity contribution < 1.29 is 19.7 Å². The van der Waals surface area contributed by atoms with Crippen LogP contribution < -0.4 is 4.74 Å². The van der Waals surface area contributed by atoms with Crippen molar-refractivity contribution in [1.82, 2.24) is 0 Å². The Kier molecular flexibility index (Phi) is 8.24. The minimum atomic E-state index is -0.894. The van der Waals surface area contributed by atoms with Gasteiger partial charge in [-0.25, -0.2) is 0 Å². The fraction of sp³-hybridized carbons (Fsp3) is 0.370. The molecule has 1 heterocycles. The van der Waals surface area contributed by atoms with Gasteiger partial charge in [0, 0.05) is 11.3 Å². The highest BCUT2D eigenvalue weighted by atomic mass is 32.1. The Bertz CT molecular complexity index is 1040. The quantitative estimate of drug-likeness (QED) is 0.402. The molecule has 1 aromatic heterocycles. The van der Waals surface area contributed by atoms with E-state index in [1.54, 1.807) is 11.3 Å². The van der Waals surface area contributed by atoms with Crippen molar-refractivity contribution >= 4 is 17.1 Å². The predicted molar refractivity (Wildman–Crippen MR) is 131 cm³/mol. The van der Waals surface area contributed by atoms with Gasteiger partial charge in [0.1, 0.15) is 18.5 Å². The van der Waals surface area contributed by atoms with Gasteiger partial charge in [0.05, 0.1) is 11.5 Å². The van der Waals surface area contributed by atoms with Crippen molar-refractivity contribution in [2.24, 2.45) is 0 Å². The molecule has 32 heavy (non-hydrogen) atoms. The molecule has 4 nitrogen and oxygen atoms in total. The number of carbonyl (C=O) groups is 1. The molecule has 0 aliphatic rings. The van der Waals surface area contributed by atoms with Gasteiger partial charge in [-0.05, 0) is 67.5 Å². The summed E-state index contributed by atoms with van der Waals surface area (Å²) in [5.41, 5.74) is 6.57. The lowest BCUT2D eigenvalue weighted by molar-refractivity contribution is 0.0531. The molecule has 0 saturated heterocycles. The van der Waals surface area contributed by atoms with Gasteiger partial charge in [-0.3, -0.25) is 4.79 Å². The molecule has 3 aromatic rings. The van der Waals surface area contributed by atoms with Crippen molar-refractivity contribution in [1.29, 1.82) is 0 Å². The van der Waals surface area contributed by atoms with E-state index in [2.05, 4.69) is 44.2 Å². The van der Waals surface area contributed by atoms with Crippen LogP contribution in [-0.2, 0) is 12.8 Å². The number of carbonyl (C=O) groups excluding carboxylic acids is 1. The first-order chi connectivity index (χ1) is 15.3. The molecule has 5 heteroatoms. The molecule has 1 atom stereocenters. The van der Waals surface area contributed by atoms with Crippen LogP contribution in [0.1, 0.15) is 50.1 Å². The van der Waals surface area contributed by atoms with Crippen molar-refractivity contribution in [2.45, 2.75) is 53.1 Å². The van der Waals surface area contributed by atoms with E-state index in [1.807, 2.05) is 26.0 Å². The number of aliphatic hydroxyl groups is 2. The molecule has 0 aliphatic carbocycles. The smallest absolute Gasteiger partial charge is 0.173 e. The molecule has 0 saturated carbocycles. The molecular weight excluding hydrogens is 420 g/mol. The number of aryl methyl sites for hydroxylation is 5. The Morgan fingerprint density at radius 3 is 2.31 bits per heavy atom. The van der Waals surface area contributed by atoms with Crippen LogP contribution in [0.15, 0.2) is 42.5 Å². The number of hydrogen-bond acceptors (Lipinski definition) is 5. The van der Waals surface area contributed by atoms with Crippen molar-refractivity contribution in [3.63, 3.8) is 0 Å². The maximum Gasteiger partial charge on any atom is 0.173 e. The van der Waals surface area contributed by atoms with Crippen molar-refractivity contribution in [2.75, 3.05) is 13.2 Å². The second kappa shape index (κ2) is 10.9. The normalized spacial score (nSPS) is 12.1. The van der Waals surface area contributed by atoms with Crippen LogP contribution in [0, 0.1) is 20.8 Å². The number of benzene rings is 2. The van der Waals surface area contributed by atoms with E-state index in [-0.39, 0.29) is 19.0 Å². The maximum absolute atomic E-state index is 13.0. The standard InChI is InChI=1S/C27H32O4S/c1-5-25-23(21-9-6-17(2)7-10-21)14-26(32-25)24(30)11-8-20-12-18(3)27(19(4)13-20)31-16-22(29)15-28/h6-7,9-10,12-14,22,28-29H,5,8,11,15-16H2,1-4H3. The highest BCUT2D eigenvalue weighted by Gasteiger charge is 2.16. The number of hydrogen-bond donors (Lipinski definition) is 2. The summed E-state index contributed by atoms with van der Waals surface area (Å²) in [6.07, 6.45) is 1.14. The van der Waals surface area contributed by atoms with E-state index >= 15 is 0 Å². The van der Waals surface area contributed by atoms with Crippen LogP contribution in [0.4, 0.5) is 0 Å². The summed E-state index contributed by atoms with van der Waals surface area (Å²) in [6.45, 7) is 7.85. The lowest BCUT2D eigenvalue weighted by Gasteiger charge is -2.15. The van der Waals surface area contributed by atoms with Gasteiger partial charge < -0.3 is 14.9 Å². The summed E-state index contributed by atoms with van der Waals surface area (Å²) in [6, 6.07) is 14.6. The molecule has 0 amide bonds. The molecule has 3 rings (SSSR count). The summed E-state index contributed by atoms with van der Waals surface area (Å²) >= 11 is 1.61. The maximum atomic E-state index is 13.0. The highest BCUT2D eigenvalue weighted by Crippen LogP contribution is 2.33. The van der Waals surface area contributed by atoms with Crippen LogP contribution in [-0.4, -0.2) is 35.3 Å². The predicted octanol–water partition coefficient (Wildman–Crippen LogP) is 5.45. The summed E-state index contributed by atoms with van der Waals surface area (Å²) < 4.78 is 5.67. The number of rotatable bonds is 10. The van der Waals surface area contributed by atoms with Crippen LogP contribution in [0.25, 0.3) is 11.1 Å². The van der Waals surface area contributed by atoms with Crippen molar-refractivity contribution in [3.05, 3.63) is 74.5 Å². The Balaban J connectivity index is 1.70. The minimum absolute atomic E-state index is 0.0530. The topological polar surface area (TPSA) is 66.8 Å². The van der Waals surface area contributed by atoms with Gasteiger partial charge in [-0.2, -0.15) is 0 Å². The van der Waals surface area contributed by atoms with Gasteiger partial charge in [0.2, 0.25) is 0 Å². The number of aliphatic hydroxyl groups excluding tert-OH is 2. The molecule has 2 aromatic carbocycles. The SMILES string of the molecule is CCc1sc(C(=O)CCc2cc(C)c(OCC(O)CO)c(C)c2)cc1-c1ccc(C)cc1. The largest absolute Gasteiger partial charge is 0.490 e. The molecule has 1 unspecified atom stereocenters. The van der Waals surface area contributed by atoms with E-state index in [4.69, 9.17) is 9.84 Å². The Morgan fingerprint density at radius 1 is 1.06 bits per heavy atom. The Labute approximate surface area is 194 Å². The lowest BCUT2D eigenvalue weighted by Crippen LogP contribution is -2.21. The van der Waals surface area contributed by atoms with E-state index in [1.165, 1.54) is 16.0 Å². The number of ketones is 1. The van der Waals surface area contributed by atoms with E-state index < -0.39 is 6.10 Å². The lowest BCUT2D eigenvalue weighted by atomic mass is 10.00. The molecule has 0 aliphatic heterocycles. The van der Waals surface area contributed by atoms with E-state index in [9.17, 15) is 9.90 Å². The summed E-state index contributed by atoms with van der Waals surface area (Å²) in [7, 11) is 0. The number of thiophene rings is 1. The Morgan fingerprint density at radius 2 is 1.72 bits per heavy atom. The zero-order chi connectivity index (χ0) is 23.3. The van der Waals surface area contributed by atoms with Crippen LogP contribution in [0.2, 0.25) is 0 Å². The first kappa shape index (κ1) is 24.2. The van der Waals surface area contributed by atoms with E-state index in [0.29, 0.717) is 12.8 Å². The van der Waals surface area contributed by atoms with E-state index in [0.717, 1.165) is 39.3 Å². The van der Waals surface area contributed by atoms with Gasteiger partial charge in [0.25, 0.3) is 0 Å². The molecule has 170 valence electrons. The highest BCUT2D eigenvalue weighted by molar-refractivity contribution is 7.14. The zero-order valence-corrected chi connectivity index (χ0v) is 20.1. The number of ether oxygens (including phenoxy) is 1. The fourth-order valence-electron chi connectivity index (χ4n) is 3.83. The molecule has 0 spiro atoms.